The number of esters is 4. The summed E-state index contributed by atoms with van der Waals surface area (Å²) < 4.78 is 9.73. The molecule has 0 aliphatic rings. The second-order valence-corrected chi connectivity index (χ2v) is 14.2. The molecule has 0 aromatic rings. The zero-order chi connectivity index (χ0) is 35.3. The van der Waals surface area contributed by atoms with E-state index in [1.165, 1.54) is 154 Å². The first-order valence-corrected chi connectivity index (χ1v) is 20.6. The van der Waals surface area contributed by atoms with Gasteiger partial charge in [-0.3, -0.25) is 14.4 Å². The Kier molecular flexibility index (Phi) is 41.1. The largest absolute Gasteiger partial charge is 1.00 e. The van der Waals surface area contributed by atoms with E-state index in [1.807, 2.05) is 0 Å². The third-order valence-corrected chi connectivity index (χ3v) is 9.37. The second kappa shape index (κ2) is 40.0. The van der Waals surface area contributed by atoms with Crippen LogP contribution in [-0.2, 0) is 28.7 Å². The number of carbonyl (C=O) groups is 4. The standard InChI is InChI=1S/C41H77NO6.Na.H/c1-3-5-7-9-11-13-15-17-19-21-23-25-27-29-31-33-38(43)47-40(45)36-35-37(42)41(46)48-39(44)34-32-30-28-26-24-22-20-18-16-14-12-10-8-6-4-2;;/h37H,3-36,42H2,1-2H3;;/q;+1;-1/t37-;;/m0../s1. The van der Waals surface area contributed by atoms with E-state index in [2.05, 4.69) is 13.8 Å². The van der Waals surface area contributed by atoms with Crippen LogP contribution in [0.4, 0.5) is 0 Å². The van der Waals surface area contributed by atoms with Gasteiger partial charge in [-0.25, -0.2) is 4.79 Å². The van der Waals surface area contributed by atoms with Crippen LogP contribution in [0.1, 0.15) is 234 Å². The molecule has 0 heterocycles. The van der Waals surface area contributed by atoms with Crippen LogP contribution in [-0.4, -0.2) is 29.9 Å². The van der Waals surface area contributed by atoms with Gasteiger partial charge >= 0.3 is 53.4 Å². The van der Waals surface area contributed by atoms with Gasteiger partial charge in [-0.1, -0.05) is 194 Å². The van der Waals surface area contributed by atoms with Gasteiger partial charge in [-0.15, -0.1) is 0 Å². The van der Waals surface area contributed by atoms with Crippen molar-refractivity contribution in [3.63, 3.8) is 0 Å². The molecule has 0 radical (unpaired) electrons. The second-order valence-electron chi connectivity index (χ2n) is 14.2. The van der Waals surface area contributed by atoms with Gasteiger partial charge in [0.2, 0.25) is 0 Å². The van der Waals surface area contributed by atoms with E-state index >= 15 is 0 Å². The van der Waals surface area contributed by atoms with Crippen LogP contribution in [0.25, 0.3) is 0 Å². The average Bonchev–Trinajstić information content (AvgIpc) is 3.07. The van der Waals surface area contributed by atoms with Gasteiger partial charge in [0.15, 0.2) is 0 Å². The number of hydrogen-bond acceptors (Lipinski definition) is 7. The third-order valence-electron chi connectivity index (χ3n) is 9.37. The Morgan fingerprint density at radius 1 is 0.408 bits per heavy atom. The van der Waals surface area contributed by atoms with E-state index in [0.29, 0.717) is 12.8 Å². The van der Waals surface area contributed by atoms with Gasteiger partial charge in [-0.05, 0) is 19.3 Å². The summed E-state index contributed by atoms with van der Waals surface area (Å²) in [4.78, 5) is 48.1. The molecule has 0 rings (SSSR count). The number of rotatable bonds is 36. The Bertz CT molecular complexity index is 784. The molecule has 0 amide bonds. The first-order chi connectivity index (χ1) is 23.4. The first-order valence-electron chi connectivity index (χ1n) is 20.6. The van der Waals surface area contributed by atoms with Crippen molar-refractivity contribution in [2.45, 2.75) is 238 Å². The van der Waals surface area contributed by atoms with Crippen molar-refractivity contribution in [3.05, 3.63) is 0 Å². The number of unbranched alkanes of at least 4 members (excludes halogenated alkanes) is 28. The fourth-order valence-electron chi connectivity index (χ4n) is 6.14. The Labute approximate surface area is 325 Å². The van der Waals surface area contributed by atoms with Crippen LogP contribution in [0, 0.1) is 0 Å². The van der Waals surface area contributed by atoms with Crippen molar-refractivity contribution < 1.29 is 59.6 Å². The summed E-state index contributed by atoms with van der Waals surface area (Å²) in [6, 6.07) is -1.10. The molecule has 1 atom stereocenters. The summed E-state index contributed by atoms with van der Waals surface area (Å²) >= 11 is 0. The molecule has 0 spiro atoms. The molecule has 0 aliphatic heterocycles. The van der Waals surface area contributed by atoms with Crippen LogP contribution < -0.4 is 35.3 Å². The van der Waals surface area contributed by atoms with E-state index < -0.39 is 29.9 Å². The van der Waals surface area contributed by atoms with E-state index in [1.54, 1.807) is 0 Å². The maximum atomic E-state index is 12.1. The molecule has 49 heavy (non-hydrogen) atoms. The minimum atomic E-state index is -1.10. The van der Waals surface area contributed by atoms with Crippen LogP contribution in [0.2, 0.25) is 0 Å². The minimum Gasteiger partial charge on any atom is -1.00 e. The molecule has 284 valence electrons. The fraction of sp³-hybridized carbons (Fsp3) is 0.902. The smallest absolute Gasteiger partial charge is 1.00 e. The number of hydrogen-bond donors (Lipinski definition) is 1. The normalized spacial score (nSPS) is 11.6. The molecule has 0 aromatic carbocycles. The van der Waals surface area contributed by atoms with Crippen molar-refractivity contribution in [1.29, 1.82) is 0 Å². The number of nitrogens with two attached hydrogens (primary N) is 1. The monoisotopic (exact) mass is 704 g/mol. The van der Waals surface area contributed by atoms with Crippen LogP contribution in [0.3, 0.4) is 0 Å². The van der Waals surface area contributed by atoms with E-state index in [-0.39, 0.29) is 56.7 Å². The Hall–Kier alpha value is -0.760. The topological polar surface area (TPSA) is 113 Å². The summed E-state index contributed by atoms with van der Waals surface area (Å²) in [5, 5.41) is 0. The zero-order valence-electron chi connectivity index (χ0n) is 33.6. The van der Waals surface area contributed by atoms with Crippen molar-refractivity contribution >= 4 is 23.9 Å². The summed E-state index contributed by atoms with van der Waals surface area (Å²) in [6.45, 7) is 4.51. The van der Waals surface area contributed by atoms with Crippen LogP contribution in [0.5, 0.6) is 0 Å². The SMILES string of the molecule is CCCCCCCCCCCCCCCCCC(=O)OC(=O)CC[C@H](N)C(=O)OC(=O)CCCCCCCCCCCCCCCCC.[H-].[Na+]. The minimum absolute atomic E-state index is 0. The van der Waals surface area contributed by atoms with Gasteiger partial charge in [0.25, 0.3) is 0 Å². The first kappa shape index (κ1) is 50.3. The maximum Gasteiger partial charge on any atom is 1.00 e. The van der Waals surface area contributed by atoms with Gasteiger partial charge in [0.05, 0.1) is 0 Å². The number of ether oxygens (including phenoxy) is 2. The van der Waals surface area contributed by atoms with Crippen molar-refractivity contribution in [2.75, 3.05) is 0 Å². The van der Waals surface area contributed by atoms with Crippen LogP contribution in [0.15, 0.2) is 0 Å². The molecule has 7 nitrogen and oxygen atoms in total. The fourth-order valence-corrected chi connectivity index (χ4v) is 6.14. The van der Waals surface area contributed by atoms with E-state index in [9.17, 15) is 19.2 Å². The summed E-state index contributed by atoms with van der Waals surface area (Å²) in [5.74, 6) is -2.65. The molecular formula is C41H78NNaO6. The molecule has 2 N–H and O–H groups in total. The van der Waals surface area contributed by atoms with Gasteiger partial charge in [-0.2, -0.15) is 0 Å². The molecular weight excluding hydrogens is 625 g/mol. The molecule has 0 saturated heterocycles. The van der Waals surface area contributed by atoms with Crippen LogP contribution >= 0.6 is 0 Å². The molecule has 0 aliphatic carbocycles. The molecule has 0 fully saturated rings. The predicted molar refractivity (Wildman–Crippen MR) is 200 cm³/mol. The molecule has 0 saturated carbocycles. The maximum absolute atomic E-state index is 12.1. The third kappa shape index (κ3) is 38.3. The van der Waals surface area contributed by atoms with Crippen molar-refractivity contribution in [1.82, 2.24) is 0 Å². The molecule has 8 heteroatoms. The quantitative estimate of drug-likeness (QED) is 0.0300. The molecule has 0 aromatic heterocycles. The van der Waals surface area contributed by atoms with Gasteiger partial charge in [0.1, 0.15) is 6.04 Å². The zero-order valence-corrected chi connectivity index (χ0v) is 34.6. The number of carbonyl (C=O) groups excluding carboxylic acids is 4. The molecule has 0 bridgehead atoms. The Morgan fingerprint density at radius 2 is 0.653 bits per heavy atom. The predicted octanol–water partition coefficient (Wildman–Crippen LogP) is 8.87. The summed E-state index contributed by atoms with van der Waals surface area (Å²) in [6.07, 6.45) is 37.6. The van der Waals surface area contributed by atoms with Crippen molar-refractivity contribution in [2.24, 2.45) is 5.73 Å². The average molecular weight is 704 g/mol. The van der Waals surface area contributed by atoms with Gasteiger partial charge < -0.3 is 16.6 Å². The van der Waals surface area contributed by atoms with Crippen molar-refractivity contribution in [3.8, 4) is 0 Å². The van der Waals surface area contributed by atoms with Gasteiger partial charge in [0, 0.05) is 19.3 Å². The van der Waals surface area contributed by atoms with E-state index in [0.717, 1.165) is 25.7 Å². The molecule has 0 unspecified atom stereocenters. The summed E-state index contributed by atoms with van der Waals surface area (Å²) in [5.41, 5.74) is 5.81. The Balaban J connectivity index is -0.0000110. The summed E-state index contributed by atoms with van der Waals surface area (Å²) in [7, 11) is 0. The van der Waals surface area contributed by atoms with E-state index in [4.69, 9.17) is 15.2 Å². The Morgan fingerprint density at radius 3 is 0.959 bits per heavy atom.